The van der Waals surface area contributed by atoms with Gasteiger partial charge in [0.05, 0.1) is 9.95 Å². The van der Waals surface area contributed by atoms with E-state index in [1.165, 1.54) is 12.3 Å². The van der Waals surface area contributed by atoms with Gasteiger partial charge in [-0.2, -0.15) is 0 Å². The van der Waals surface area contributed by atoms with Gasteiger partial charge in [0.2, 0.25) is 5.91 Å². The molecule has 1 aliphatic heterocycles. The van der Waals surface area contributed by atoms with Gasteiger partial charge in [0.1, 0.15) is 12.0 Å². The molecule has 0 saturated carbocycles. The molecule has 2 rings (SSSR count). The molecule has 0 unspecified atom stereocenters. The van der Waals surface area contributed by atoms with E-state index < -0.39 is 4.92 Å². The van der Waals surface area contributed by atoms with E-state index in [1.807, 2.05) is 0 Å². The third-order valence-corrected chi connectivity index (χ3v) is 3.53. The van der Waals surface area contributed by atoms with E-state index in [9.17, 15) is 14.9 Å². The zero-order valence-electron chi connectivity index (χ0n) is 11.1. The summed E-state index contributed by atoms with van der Waals surface area (Å²) in [5.74, 6) is 0.644. The number of nitrogens with zero attached hydrogens (tertiary/aromatic N) is 4. The molecule has 1 fully saturated rings. The van der Waals surface area contributed by atoms with Crippen LogP contribution < -0.4 is 4.90 Å². The van der Waals surface area contributed by atoms with E-state index in [0.717, 1.165) is 13.0 Å². The van der Waals surface area contributed by atoms with Gasteiger partial charge in [-0.05, 0) is 6.42 Å². The topological polar surface area (TPSA) is 79.6 Å². The zero-order chi connectivity index (χ0) is 14.7. The molecule has 1 saturated heterocycles. The Morgan fingerprint density at radius 2 is 2.35 bits per heavy atom. The fraction of sp³-hybridized carbons (Fsp3) is 0.500. The molecule has 1 amide bonds. The van der Waals surface area contributed by atoms with Crippen LogP contribution in [0.15, 0.2) is 12.3 Å². The summed E-state index contributed by atoms with van der Waals surface area (Å²) in [6, 6.07) is 1.28. The maximum atomic E-state index is 11.5. The van der Waals surface area contributed by atoms with Crippen molar-refractivity contribution in [3.8, 4) is 0 Å². The second-order valence-electron chi connectivity index (χ2n) is 4.66. The molecule has 0 aromatic carbocycles. The number of likely N-dealkylation sites (tertiary alicyclic amines) is 1. The summed E-state index contributed by atoms with van der Waals surface area (Å²) in [5, 5.41) is 10.9. The maximum absolute atomic E-state index is 11.5. The molecular weight excluding hydrogens is 284 g/mol. The number of carbonyl (C=O) groups is 1. The van der Waals surface area contributed by atoms with Crippen molar-refractivity contribution in [2.24, 2.45) is 0 Å². The third-order valence-electron chi connectivity index (χ3n) is 3.26. The quantitative estimate of drug-likeness (QED) is 0.610. The Morgan fingerprint density at radius 1 is 1.60 bits per heavy atom. The van der Waals surface area contributed by atoms with Crippen molar-refractivity contribution in [1.29, 1.82) is 0 Å². The van der Waals surface area contributed by atoms with Crippen LogP contribution in [-0.2, 0) is 4.79 Å². The molecular formula is C12H15ClN4O3. The van der Waals surface area contributed by atoms with Crippen LogP contribution in [0.3, 0.4) is 0 Å². The minimum atomic E-state index is -0.536. The van der Waals surface area contributed by atoms with E-state index in [0.29, 0.717) is 25.3 Å². The van der Waals surface area contributed by atoms with Crippen LogP contribution >= 0.6 is 11.6 Å². The lowest BCUT2D eigenvalue weighted by Gasteiger charge is -2.23. The van der Waals surface area contributed by atoms with Crippen molar-refractivity contribution in [1.82, 2.24) is 9.88 Å². The lowest BCUT2D eigenvalue weighted by Crippen LogP contribution is -2.34. The van der Waals surface area contributed by atoms with Crippen LogP contribution in [0.4, 0.5) is 11.5 Å². The largest absolute Gasteiger partial charge is 0.357 e. The van der Waals surface area contributed by atoms with Gasteiger partial charge < -0.3 is 9.80 Å². The van der Waals surface area contributed by atoms with Gasteiger partial charge in [0, 0.05) is 39.2 Å². The lowest BCUT2D eigenvalue weighted by molar-refractivity contribution is -0.385. The van der Waals surface area contributed by atoms with E-state index in [4.69, 9.17) is 11.6 Å². The first-order chi connectivity index (χ1) is 9.49. The van der Waals surface area contributed by atoms with Gasteiger partial charge in [-0.25, -0.2) is 4.98 Å². The average molecular weight is 299 g/mol. The number of hydrogen-bond acceptors (Lipinski definition) is 5. The number of carbonyl (C=O) groups excluding carboxylic acids is 1. The van der Waals surface area contributed by atoms with Crippen LogP contribution in [0, 0.1) is 10.1 Å². The number of halogens is 1. The van der Waals surface area contributed by atoms with Crippen molar-refractivity contribution >= 4 is 29.0 Å². The van der Waals surface area contributed by atoms with E-state index >= 15 is 0 Å². The number of anilines is 1. The van der Waals surface area contributed by atoms with Gasteiger partial charge in [-0.1, -0.05) is 11.6 Å². The predicted molar refractivity (Wildman–Crippen MR) is 75.0 cm³/mol. The number of hydrogen-bond donors (Lipinski definition) is 0. The molecule has 0 bridgehead atoms. The van der Waals surface area contributed by atoms with E-state index in [1.54, 1.807) is 16.8 Å². The van der Waals surface area contributed by atoms with Crippen molar-refractivity contribution in [3.63, 3.8) is 0 Å². The molecule has 1 aromatic heterocycles. The normalized spacial score (nSPS) is 14.7. The molecule has 1 aromatic rings. The van der Waals surface area contributed by atoms with Gasteiger partial charge in [0.25, 0.3) is 5.69 Å². The first kappa shape index (κ1) is 14.5. The van der Waals surface area contributed by atoms with Gasteiger partial charge in [0.15, 0.2) is 0 Å². The fourth-order valence-corrected chi connectivity index (χ4v) is 2.42. The van der Waals surface area contributed by atoms with E-state index in [2.05, 4.69) is 4.98 Å². The smallest absolute Gasteiger partial charge is 0.289 e. The van der Waals surface area contributed by atoms with Crippen molar-refractivity contribution in [2.45, 2.75) is 12.8 Å². The number of nitro groups is 1. The number of amides is 1. The monoisotopic (exact) mass is 298 g/mol. The summed E-state index contributed by atoms with van der Waals surface area (Å²) in [6.45, 7) is 1.97. The molecule has 0 atom stereocenters. The number of pyridine rings is 1. The Labute approximate surface area is 121 Å². The number of likely N-dealkylation sites (N-methyl/N-ethyl adjacent to an activating group) is 1. The molecule has 8 heteroatoms. The third kappa shape index (κ3) is 3.16. The van der Waals surface area contributed by atoms with Gasteiger partial charge >= 0.3 is 0 Å². The molecule has 0 N–H and O–H groups in total. The lowest BCUT2D eigenvalue weighted by atomic mass is 10.4. The molecule has 0 radical (unpaired) electrons. The molecule has 2 heterocycles. The van der Waals surface area contributed by atoms with Crippen LogP contribution in [0.25, 0.3) is 0 Å². The van der Waals surface area contributed by atoms with Crippen LogP contribution in [-0.4, -0.2) is 47.4 Å². The van der Waals surface area contributed by atoms with Crippen molar-refractivity contribution in [2.75, 3.05) is 31.6 Å². The Balaban J connectivity index is 2.00. The van der Waals surface area contributed by atoms with Crippen molar-refractivity contribution < 1.29 is 9.72 Å². The highest BCUT2D eigenvalue weighted by Gasteiger charge is 2.21. The second-order valence-corrected chi connectivity index (χ2v) is 5.07. The maximum Gasteiger partial charge on any atom is 0.289 e. The highest BCUT2D eigenvalue weighted by Crippen LogP contribution is 2.26. The van der Waals surface area contributed by atoms with E-state index in [-0.39, 0.29) is 16.6 Å². The SMILES string of the molecule is CN(CCN1CCCC1=O)c1ncc([N+](=O)[O-])cc1Cl. The van der Waals surface area contributed by atoms with Crippen LogP contribution in [0.1, 0.15) is 12.8 Å². The summed E-state index contributed by atoms with van der Waals surface area (Å²) in [5.41, 5.74) is -0.137. The summed E-state index contributed by atoms with van der Waals surface area (Å²) >= 11 is 6.00. The first-order valence-electron chi connectivity index (χ1n) is 6.28. The zero-order valence-corrected chi connectivity index (χ0v) is 11.8. The molecule has 0 spiro atoms. The van der Waals surface area contributed by atoms with Crippen molar-refractivity contribution in [3.05, 3.63) is 27.4 Å². The Morgan fingerprint density at radius 3 is 2.90 bits per heavy atom. The second kappa shape index (κ2) is 6.04. The minimum absolute atomic E-state index is 0.137. The minimum Gasteiger partial charge on any atom is -0.357 e. The van der Waals surface area contributed by atoms with Crippen LogP contribution in [0.2, 0.25) is 5.02 Å². The standard InChI is InChI=1S/C12H15ClN4O3/c1-15(5-6-16-4-2-3-11(16)18)12-10(13)7-9(8-14-12)17(19)20/h7-8H,2-6H2,1H3. The highest BCUT2D eigenvalue weighted by atomic mass is 35.5. The summed E-state index contributed by atoms with van der Waals surface area (Å²) < 4.78 is 0. The number of rotatable bonds is 5. The Bertz CT molecular complexity index is 537. The summed E-state index contributed by atoms with van der Waals surface area (Å²) in [4.78, 5) is 29.2. The average Bonchev–Trinajstić information content (AvgIpc) is 2.81. The molecule has 0 aliphatic carbocycles. The summed E-state index contributed by atoms with van der Waals surface area (Å²) in [7, 11) is 1.79. The van der Waals surface area contributed by atoms with Gasteiger partial charge in [-0.15, -0.1) is 0 Å². The Kier molecular flexibility index (Phi) is 4.39. The highest BCUT2D eigenvalue weighted by molar-refractivity contribution is 6.33. The number of aromatic nitrogens is 1. The van der Waals surface area contributed by atoms with Crippen LogP contribution in [0.5, 0.6) is 0 Å². The summed E-state index contributed by atoms with van der Waals surface area (Å²) in [6.07, 6.45) is 2.69. The molecule has 108 valence electrons. The molecule has 1 aliphatic rings. The Hall–Kier alpha value is -1.89. The fourth-order valence-electron chi connectivity index (χ4n) is 2.12. The van der Waals surface area contributed by atoms with Gasteiger partial charge in [-0.3, -0.25) is 14.9 Å². The predicted octanol–water partition coefficient (Wildman–Crippen LogP) is 1.70. The molecule has 7 nitrogen and oxygen atoms in total. The molecule has 20 heavy (non-hydrogen) atoms. The first-order valence-corrected chi connectivity index (χ1v) is 6.65.